The lowest BCUT2D eigenvalue weighted by molar-refractivity contribution is 0.524. The largest absolute Gasteiger partial charge is 0.269 e. The van der Waals surface area contributed by atoms with Crippen LogP contribution >= 0.6 is 0 Å². The number of hydrogen-bond acceptors (Lipinski definition) is 1. The molecule has 0 unspecified atom stereocenters. The molecule has 1 aliphatic carbocycles. The molecule has 1 saturated carbocycles. The average molecular weight is 217 g/mol. The van der Waals surface area contributed by atoms with Crippen molar-refractivity contribution in [3.63, 3.8) is 0 Å². The van der Waals surface area contributed by atoms with Crippen LogP contribution in [0.3, 0.4) is 0 Å². The zero-order valence-electron chi connectivity index (χ0n) is 10.6. The van der Waals surface area contributed by atoms with Gasteiger partial charge >= 0.3 is 0 Å². The van der Waals surface area contributed by atoms with Crippen LogP contribution in [0, 0.1) is 5.41 Å². The minimum absolute atomic E-state index is 0.506. The van der Waals surface area contributed by atoms with Gasteiger partial charge in [-0.25, -0.2) is 0 Å². The summed E-state index contributed by atoms with van der Waals surface area (Å²) in [4.78, 5) is 4.43. The Kier molecular flexibility index (Phi) is 3.63. The molecule has 0 aromatic heterocycles. The lowest BCUT2D eigenvalue weighted by Crippen LogP contribution is -2.04. The second-order valence-corrected chi connectivity index (χ2v) is 5.33. The van der Waals surface area contributed by atoms with Crippen LogP contribution in [-0.2, 0) is 0 Å². The smallest absolute Gasteiger partial charge is 0.0301 e. The van der Waals surface area contributed by atoms with Crippen molar-refractivity contribution in [1.29, 1.82) is 0 Å². The Morgan fingerprint density at radius 3 is 2.88 bits per heavy atom. The topological polar surface area (TPSA) is 12.4 Å². The van der Waals surface area contributed by atoms with Crippen molar-refractivity contribution in [2.75, 3.05) is 0 Å². The van der Waals surface area contributed by atoms with Gasteiger partial charge < -0.3 is 0 Å². The summed E-state index contributed by atoms with van der Waals surface area (Å²) in [5.74, 6) is 0. The van der Waals surface area contributed by atoms with E-state index >= 15 is 0 Å². The van der Waals surface area contributed by atoms with E-state index in [1.165, 1.54) is 49.7 Å². The van der Waals surface area contributed by atoms with Crippen molar-refractivity contribution in [2.24, 2.45) is 10.4 Å². The van der Waals surface area contributed by atoms with Gasteiger partial charge in [0.2, 0.25) is 0 Å². The van der Waals surface area contributed by atoms with Crippen molar-refractivity contribution in [2.45, 2.75) is 58.8 Å². The molecule has 1 nitrogen and oxygen atoms in total. The number of rotatable bonds is 4. The van der Waals surface area contributed by atoms with E-state index in [-0.39, 0.29) is 0 Å². The molecule has 1 heteroatoms. The summed E-state index contributed by atoms with van der Waals surface area (Å²) in [5, 5.41) is 0. The van der Waals surface area contributed by atoms with E-state index in [1.807, 2.05) is 0 Å². The van der Waals surface area contributed by atoms with E-state index in [2.05, 4.69) is 37.3 Å². The van der Waals surface area contributed by atoms with E-state index in [1.54, 1.807) is 0 Å². The molecule has 2 aliphatic rings. The molecule has 2 rings (SSSR count). The third-order valence-electron chi connectivity index (χ3n) is 3.86. The Balaban J connectivity index is 2.14. The summed E-state index contributed by atoms with van der Waals surface area (Å²) in [7, 11) is 0. The Morgan fingerprint density at radius 2 is 2.19 bits per heavy atom. The highest BCUT2D eigenvalue weighted by Gasteiger charge is 2.44. The number of aliphatic imine (C=N–C) groups is 1. The molecule has 0 saturated heterocycles. The highest BCUT2D eigenvalue weighted by Crippen LogP contribution is 2.56. The lowest BCUT2D eigenvalue weighted by atomic mass is 9.88. The Bertz CT molecular complexity index is 329. The molecular weight excluding hydrogens is 194 g/mol. The van der Waals surface area contributed by atoms with E-state index in [4.69, 9.17) is 0 Å². The summed E-state index contributed by atoms with van der Waals surface area (Å²) >= 11 is 0. The number of unbranched alkanes of at least 4 members (excludes halogenated alkanes) is 1. The van der Waals surface area contributed by atoms with Gasteiger partial charge in [0.15, 0.2) is 0 Å². The number of hydrogen-bond donors (Lipinski definition) is 0. The average Bonchev–Trinajstić information content (AvgIpc) is 3.01. The molecule has 0 bridgehead atoms. The quantitative estimate of drug-likeness (QED) is 0.650. The highest BCUT2D eigenvalue weighted by molar-refractivity contribution is 5.59. The fourth-order valence-electron chi connectivity index (χ4n) is 2.51. The predicted octanol–water partition coefficient (Wildman–Crippen LogP) is 4.65. The van der Waals surface area contributed by atoms with Crippen LogP contribution in [0.2, 0.25) is 0 Å². The van der Waals surface area contributed by atoms with Gasteiger partial charge in [0, 0.05) is 12.4 Å². The fraction of sp³-hybridized carbons (Fsp3) is 0.667. The zero-order valence-corrected chi connectivity index (χ0v) is 10.6. The minimum atomic E-state index is 0.506. The van der Waals surface area contributed by atoms with Gasteiger partial charge in [-0.1, -0.05) is 31.4 Å². The maximum Gasteiger partial charge on any atom is 0.0301 e. The van der Waals surface area contributed by atoms with Crippen LogP contribution in [0.15, 0.2) is 28.4 Å². The van der Waals surface area contributed by atoms with Crippen molar-refractivity contribution >= 4 is 6.21 Å². The molecule has 1 fully saturated rings. The van der Waals surface area contributed by atoms with Crippen molar-refractivity contribution in [3.8, 4) is 0 Å². The molecule has 0 atom stereocenters. The second kappa shape index (κ2) is 4.99. The second-order valence-electron chi connectivity index (χ2n) is 5.33. The van der Waals surface area contributed by atoms with Gasteiger partial charge in [0.25, 0.3) is 0 Å². The standard InChI is InChI=1S/C15H23N/c1-3-4-7-15(8-9-15)14-11-13(2)6-5-10-16-12-14/h10-12H,3-9H2,1-2H3. The molecule has 0 radical (unpaired) electrons. The first kappa shape index (κ1) is 11.6. The number of allylic oxidation sites excluding steroid dienone is 3. The van der Waals surface area contributed by atoms with Gasteiger partial charge in [-0.15, -0.1) is 0 Å². The summed E-state index contributed by atoms with van der Waals surface area (Å²) in [5.41, 5.74) is 3.51. The first-order valence-corrected chi connectivity index (χ1v) is 6.66. The van der Waals surface area contributed by atoms with Crippen LogP contribution < -0.4 is 0 Å². The van der Waals surface area contributed by atoms with Crippen LogP contribution in [0.25, 0.3) is 0 Å². The first-order chi connectivity index (χ1) is 7.77. The van der Waals surface area contributed by atoms with Gasteiger partial charge in [-0.3, -0.25) is 4.99 Å². The molecule has 1 aliphatic heterocycles. The molecular formula is C15H23N. The SMILES string of the molecule is CCCCC1(C2=CN=CCCC(C)=C2)CC1. The fourth-order valence-corrected chi connectivity index (χ4v) is 2.51. The molecule has 0 aromatic carbocycles. The molecule has 1 heterocycles. The Hall–Kier alpha value is -0.850. The van der Waals surface area contributed by atoms with E-state index in [9.17, 15) is 0 Å². The Labute approximate surface area is 99.4 Å². The number of nitrogens with zero attached hydrogens (tertiary/aromatic N) is 1. The molecule has 0 aromatic rings. The van der Waals surface area contributed by atoms with Crippen molar-refractivity contribution in [1.82, 2.24) is 0 Å². The van der Waals surface area contributed by atoms with Gasteiger partial charge in [0.1, 0.15) is 0 Å². The van der Waals surface area contributed by atoms with Gasteiger partial charge in [0.05, 0.1) is 0 Å². The molecule has 88 valence electrons. The van der Waals surface area contributed by atoms with E-state index < -0.39 is 0 Å². The maximum atomic E-state index is 4.43. The summed E-state index contributed by atoms with van der Waals surface area (Å²) in [6, 6.07) is 0. The van der Waals surface area contributed by atoms with Crippen LogP contribution in [0.4, 0.5) is 0 Å². The molecule has 0 amide bonds. The summed E-state index contributed by atoms with van der Waals surface area (Å²) in [6.07, 6.45) is 15.6. The molecule has 16 heavy (non-hydrogen) atoms. The highest BCUT2D eigenvalue weighted by atomic mass is 14.7. The minimum Gasteiger partial charge on any atom is -0.269 e. The predicted molar refractivity (Wildman–Crippen MR) is 70.8 cm³/mol. The first-order valence-electron chi connectivity index (χ1n) is 6.66. The normalized spacial score (nSPS) is 23.1. The monoisotopic (exact) mass is 217 g/mol. The van der Waals surface area contributed by atoms with Gasteiger partial charge in [-0.05, 0) is 50.0 Å². The Morgan fingerprint density at radius 1 is 1.38 bits per heavy atom. The van der Waals surface area contributed by atoms with Crippen molar-refractivity contribution < 1.29 is 0 Å². The van der Waals surface area contributed by atoms with Gasteiger partial charge in [-0.2, -0.15) is 0 Å². The zero-order chi connectivity index (χ0) is 11.4. The summed E-state index contributed by atoms with van der Waals surface area (Å²) < 4.78 is 0. The van der Waals surface area contributed by atoms with E-state index in [0.717, 1.165) is 6.42 Å². The third kappa shape index (κ3) is 2.63. The van der Waals surface area contributed by atoms with Crippen molar-refractivity contribution in [3.05, 3.63) is 23.4 Å². The maximum absolute atomic E-state index is 4.43. The third-order valence-corrected chi connectivity index (χ3v) is 3.86. The van der Waals surface area contributed by atoms with Crippen LogP contribution in [-0.4, -0.2) is 6.21 Å². The van der Waals surface area contributed by atoms with Crippen LogP contribution in [0.1, 0.15) is 58.8 Å². The lowest BCUT2D eigenvalue weighted by Gasteiger charge is -2.17. The molecule has 0 N–H and O–H groups in total. The van der Waals surface area contributed by atoms with Crippen LogP contribution in [0.5, 0.6) is 0 Å². The molecule has 0 spiro atoms. The van der Waals surface area contributed by atoms with E-state index in [0.29, 0.717) is 5.41 Å². The summed E-state index contributed by atoms with van der Waals surface area (Å²) in [6.45, 7) is 4.53.